The number of rotatable bonds is 2. The normalized spacial score (nSPS) is 21.4. The van der Waals surface area contributed by atoms with Crippen LogP contribution < -0.4 is 4.90 Å². The number of para-hydroxylation sites is 1. The minimum atomic E-state index is -0.173. The minimum Gasteiger partial charge on any atom is -0.365 e. The van der Waals surface area contributed by atoms with Crippen molar-refractivity contribution >= 4 is 5.69 Å². The molecule has 2 aromatic carbocycles. The van der Waals surface area contributed by atoms with Gasteiger partial charge in [-0.1, -0.05) is 30.3 Å². The number of halogens is 1. The van der Waals surface area contributed by atoms with Gasteiger partial charge >= 0.3 is 0 Å². The van der Waals surface area contributed by atoms with E-state index in [0.717, 1.165) is 0 Å². The molecule has 0 radical (unpaired) electrons. The second-order valence-corrected chi connectivity index (χ2v) is 5.83. The number of benzene rings is 2. The molecule has 1 heterocycles. The fourth-order valence-electron chi connectivity index (χ4n) is 3.50. The molecule has 0 amide bonds. The molecule has 3 rings (SSSR count). The third-order valence-corrected chi connectivity index (χ3v) is 4.26. The molecule has 1 aliphatic heterocycles. The molecule has 0 N–H and O–H groups in total. The van der Waals surface area contributed by atoms with Crippen molar-refractivity contribution in [1.82, 2.24) is 0 Å². The van der Waals surface area contributed by atoms with Crippen LogP contribution in [0.3, 0.4) is 0 Å². The molecular weight excluding hydrogens is 249 g/mol. The lowest BCUT2D eigenvalue weighted by Gasteiger charge is -2.31. The van der Waals surface area contributed by atoms with Crippen LogP contribution in [0.1, 0.15) is 37.8 Å². The van der Waals surface area contributed by atoms with Crippen LogP contribution in [0.25, 0.3) is 0 Å². The molecule has 20 heavy (non-hydrogen) atoms. The molecule has 104 valence electrons. The summed E-state index contributed by atoms with van der Waals surface area (Å²) in [7, 11) is 0. The van der Waals surface area contributed by atoms with E-state index in [1.165, 1.54) is 16.8 Å². The largest absolute Gasteiger partial charge is 0.365 e. The first-order valence-electron chi connectivity index (χ1n) is 7.22. The van der Waals surface area contributed by atoms with E-state index >= 15 is 0 Å². The van der Waals surface area contributed by atoms with E-state index in [-0.39, 0.29) is 5.82 Å². The Labute approximate surface area is 120 Å². The summed E-state index contributed by atoms with van der Waals surface area (Å²) >= 11 is 0. The molecule has 0 saturated heterocycles. The lowest BCUT2D eigenvalue weighted by molar-refractivity contribution is 0.565. The van der Waals surface area contributed by atoms with Gasteiger partial charge in [-0.15, -0.1) is 0 Å². The molecule has 1 aliphatic rings. The van der Waals surface area contributed by atoms with Crippen molar-refractivity contribution in [2.75, 3.05) is 4.90 Å². The Bertz CT molecular complexity index is 603. The highest BCUT2D eigenvalue weighted by Gasteiger charge is 2.37. The third-order valence-electron chi connectivity index (χ3n) is 4.26. The molecule has 0 bridgehead atoms. The molecule has 2 heteroatoms. The number of anilines is 1. The van der Waals surface area contributed by atoms with E-state index in [2.05, 4.69) is 49.9 Å². The second-order valence-electron chi connectivity index (χ2n) is 5.83. The molecule has 0 aliphatic carbocycles. The zero-order valence-corrected chi connectivity index (χ0v) is 12.2. The monoisotopic (exact) mass is 269 g/mol. The molecule has 2 atom stereocenters. The van der Waals surface area contributed by atoms with Crippen molar-refractivity contribution in [2.45, 2.75) is 38.8 Å². The first kappa shape index (κ1) is 13.2. The van der Waals surface area contributed by atoms with Crippen molar-refractivity contribution in [3.05, 3.63) is 65.5 Å². The molecule has 2 unspecified atom stereocenters. The highest BCUT2D eigenvalue weighted by Crippen LogP contribution is 2.45. The summed E-state index contributed by atoms with van der Waals surface area (Å²) in [4.78, 5) is 2.46. The van der Waals surface area contributed by atoms with Crippen molar-refractivity contribution < 1.29 is 4.39 Å². The Balaban J connectivity index is 2.10. The first-order chi connectivity index (χ1) is 9.59. The SMILES string of the molecule is CC(C)N1c2ccccc2C(c2ccc(F)cc2)C1C. The molecule has 1 nitrogen and oxygen atoms in total. The fraction of sp³-hybridized carbons (Fsp3) is 0.333. The van der Waals surface area contributed by atoms with Gasteiger partial charge in [0.15, 0.2) is 0 Å². The Morgan fingerprint density at radius 1 is 1.00 bits per heavy atom. The molecule has 0 saturated carbocycles. The van der Waals surface area contributed by atoms with Gasteiger partial charge in [0.05, 0.1) is 0 Å². The summed E-state index contributed by atoms with van der Waals surface area (Å²) in [5.74, 6) is 0.141. The van der Waals surface area contributed by atoms with E-state index in [1.54, 1.807) is 12.1 Å². The molecule has 0 spiro atoms. The average molecular weight is 269 g/mol. The van der Waals surface area contributed by atoms with Gasteiger partial charge in [0.25, 0.3) is 0 Å². The minimum absolute atomic E-state index is 0.173. The van der Waals surface area contributed by atoms with Crippen LogP contribution >= 0.6 is 0 Å². The molecular formula is C18H20FN. The smallest absolute Gasteiger partial charge is 0.123 e. The van der Waals surface area contributed by atoms with Crippen LogP contribution in [0.5, 0.6) is 0 Å². The van der Waals surface area contributed by atoms with E-state index in [9.17, 15) is 4.39 Å². The standard InChI is InChI=1S/C18H20FN/c1-12(2)20-13(3)18(14-8-10-15(19)11-9-14)16-6-4-5-7-17(16)20/h4-13,18H,1-3H3. The number of nitrogens with zero attached hydrogens (tertiary/aromatic N) is 1. The lowest BCUT2D eigenvalue weighted by Crippen LogP contribution is -2.37. The van der Waals surface area contributed by atoms with Crippen molar-refractivity contribution in [1.29, 1.82) is 0 Å². The summed E-state index contributed by atoms with van der Waals surface area (Å²) in [6.07, 6.45) is 0. The van der Waals surface area contributed by atoms with Gasteiger partial charge < -0.3 is 4.90 Å². The number of hydrogen-bond acceptors (Lipinski definition) is 1. The average Bonchev–Trinajstić information content (AvgIpc) is 2.72. The van der Waals surface area contributed by atoms with Crippen LogP contribution in [-0.4, -0.2) is 12.1 Å². The van der Waals surface area contributed by atoms with Gasteiger partial charge in [0.2, 0.25) is 0 Å². The number of fused-ring (bicyclic) bond motifs is 1. The summed E-state index contributed by atoms with van der Waals surface area (Å²) in [5.41, 5.74) is 3.85. The second kappa shape index (κ2) is 4.93. The van der Waals surface area contributed by atoms with Gasteiger partial charge in [0.1, 0.15) is 5.82 Å². The zero-order valence-electron chi connectivity index (χ0n) is 12.2. The Hall–Kier alpha value is -1.83. The highest BCUT2D eigenvalue weighted by molar-refractivity contribution is 5.64. The van der Waals surface area contributed by atoms with Crippen LogP contribution in [-0.2, 0) is 0 Å². The maximum Gasteiger partial charge on any atom is 0.123 e. The van der Waals surface area contributed by atoms with Crippen molar-refractivity contribution in [3.8, 4) is 0 Å². The van der Waals surface area contributed by atoms with Crippen LogP contribution in [0.2, 0.25) is 0 Å². The Kier molecular flexibility index (Phi) is 3.25. The number of hydrogen-bond donors (Lipinski definition) is 0. The van der Waals surface area contributed by atoms with Crippen LogP contribution in [0, 0.1) is 5.82 Å². The highest BCUT2D eigenvalue weighted by atomic mass is 19.1. The van der Waals surface area contributed by atoms with Gasteiger partial charge in [-0.2, -0.15) is 0 Å². The van der Waals surface area contributed by atoms with Crippen LogP contribution in [0.4, 0.5) is 10.1 Å². The summed E-state index contributed by atoms with van der Waals surface area (Å²) in [6, 6.07) is 16.4. The maximum absolute atomic E-state index is 13.2. The maximum atomic E-state index is 13.2. The van der Waals surface area contributed by atoms with E-state index in [1.807, 2.05) is 12.1 Å². The van der Waals surface area contributed by atoms with Crippen molar-refractivity contribution in [3.63, 3.8) is 0 Å². The fourth-order valence-corrected chi connectivity index (χ4v) is 3.50. The topological polar surface area (TPSA) is 3.24 Å². The van der Waals surface area contributed by atoms with E-state index < -0.39 is 0 Å². The molecule has 0 fully saturated rings. The Morgan fingerprint density at radius 2 is 1.65 bits per heavy atom. The van der Waals surface area contributed by atoms with E-state index in [4.69, 9.17) is 0 Å². The predicted molar refractivity (Wildman–Crippen MR) is 81.8 cm³/mol. The summed E-state index contributed by atoms with van der Waals surface area (Å²) < 4.78 is 13.2. The summed E-state index contributed by atoms with van der Waals surface area (Å²) in [6.45, 7) is 6.70. The van der Waals surface area contributed by atoms with E-state index in [0.29, 0.717) is 18.0 Å². The molecule has 0 aromatic heterocycles. The molecule has 2 aromatic rings. The zero-order chi connectivity index (χ0) is 14.3. The van der Waals surface area contributed by atoms with Crippen LogP contribution in [0.15, 0.2) is 48.5 Å². The first-order valence-corrected chi connectivity index (χ1v) is 7.22. The predicted octanol–water partition coefficient (Wildman–Crippen LogP) is 4.57. The Morgan fingerprint density at radius 3 is 2.30 bits per heavy atom. The van der Waals surface area contributed by atoms with Gasteiger partial charge in [-0.3, -0.25) is 0 Å². The van der Waals surface area contributed by atoms with Gasteiger partial charge in [0, 0.05) is 23.7 Å². The third kappa shape index (κ3) is 2.00. The van der Waals surface area contributed by atoms with Gasteiger partial charge in [-0.25, -0.2) is 4.39 Å². The van der Waals surface area contributed by atoms with Gasteiger partial charge in [-0.05, 0) is 50.1 Å². The summed E-state index contributed by atoms with van der Waals surface area (Å²) in [5, 5.41) is 0. The van der Waals surface area contributed by atoms with Crippen molar-refractivity contribution in [2.24, 2.45) is 0 Å². The lowest BCUT2D eigenvalue weighted by atomic mass is 9.88. The quantitative estimate of drug-likeness (QED) is 0.771.